The van der Waals surface area contributed by atoms with Gasteiger partial charge in [0.2, 0.25) is 0 Å². The van der Waals surface area contributed by atoms with Gasteiger partial charge in [-0.3, -0.25) is 23.9 Å². The second-order valence-electron chi connectivity index (χ2n) is 6.38. The molecule has 0 aliphatic carbocycles. The summed E-state index contributed by atoms with van der Waals surface area (Å²) in [5.74, 6) is -1.66. The summed E-state index contributed by atoms with van der Waals surface area (Å²) in [6, 6.07) is 0. The fourth-order valence-electron chi connectivity index (χ4n) is 3.04. The number of ether oxygens (including phenoxy) is 3. The van der Waals surface area contributed by atoms with Crippen LogP contribution in [0.4, 0.5) is 0 Å². The van der Waals surface area contributed by atoms with Gasteiger partial charge in [-0.05, 0) is 11.1 Å². The number of hydrogen-bond donors (Lipinski definition) is 3. The highest BCUT2D eigenvalue weighted by Crippen LogP contribution is 2.39. The number of aromatic nitrogens is 2. The van der Waals surface area contributed by atoms with E-state index >= 15 is 0 Å². The Morgan fingerprint density at radius 1 is 1.41 bits per heavy atom. The van der Waals surface area contributed by atoms with E-state index in [1.165, 1.54) is 31.5 Å². The number of aliphatic hydroxyl groups is 2. The number of nitrogens with one attached hydrogen (secondary N) is 1. The number of H-pyrrole nitrogens is 1. The van der Waals surface area contributed by atoms with Gasteiger partial charge >= 0.3 is 5.69 Å². The minimum absolute atomic E-state index is 0.0938. The first kappa shape index (κ1) is 23.3. The van der Waals surface area contributed by atoms with E-state index in [4.69, 9.17) is 9.47 Å². The van der Waals surface area contributed by atoms with Crippen LogP contribution in [0.2, 0.25) is 0 Å². The number of aliphatic hydroxyl groups excluding tert-OH is 1. The number of methoxy groups -OCH3 is 2. The Hall–Kier alpha value is -1.96. The minimum atomic E-state index is -2.31. The van der Waals surface area contributed by atoms with Gasteiger partial charge < -0.3 is 24.4 Å². The predicted octanol–water partition coefficient (Wildman–Crippen LogP) is -1.29. The summed E-state index contributed by atoms with van der Waals surface area (Å²) in [7, 11) is 2.48. The Morgan fingerprint density at radius 3 is 2.66 bits per heavy atom. The molecule has 160 valence electrons. The lowest BCUT2D eigenvalue weighted by Gasteiger charge is -2.29. The molecule has 0 saturated carbocycles. The minimum Gasteiger partial charge on any atom is -0.382 e. The van der Waals surface area contributed by atoms with Crippen molar-refractivity contribution in [3.05, 3.63) is 37.6 Å². The molecule has 0 spiro atoms. The van der Waals surface area contributed by atoms with Crippen LogP contribution in [0, 0.1) is 0 Å². The van der Waals surface area contributed by atoms with Crippen LogP contribution in [-0.4, -0.2) is 76.6 Å². The second kappa shape index (κ2) is 9.69. The Bertz CT molecular complexity index is 909. The van der Waals surface area contributed by atoms with Gasteiger partial charge in [0.15, 0.2) is 17.2 Å². The molecule has 29 heavy (non-hydrogen) atoms. The lowest BCUT2D eigenvalue weighted by molar-refractivity contribution is -0.164. The van der Waals surface area contributed by atoms with Crippen LogP contribution in [0.5, 0.6) is 0 Å². The first-order valence-electron chi connectivity index (χ1n) is 8.41. The predicted molar refractivity (Wildman–Crippen MR) is 103 cm³/mol. The van der Waals surface area contributed by atoms with E-state index in [-0.39, 0.29) is 5.56 Å². The molecule has 2 heterocycles. The van der Waals surface area contributed by atoms with E-state index < -0.39 is 66.5 Å². The van der Waals surface area contributed by atoms with Gasteiger partial charge in [-0.2, -0.15) is 0 Å². The van der Waals surface area contributed by atoms with Gasteiger partial charge in [0.25, 0.3) is 5.56 Å². The molecule has 1 aromatic rings. The first-order chi connectivity index (χ1) is 13.7. The lowest BCUT2D eigenvalue weighted by Crippen LogP contribution is -2.55. The van der Waals surface area contributed by atoms with E-state index in [1.54, 1.807) is 0 Å². The van der Waals surface area contributed by atoms with Crippen LogP contribution in [-0.2, 0) is 23.8 Å². The van der Waals surface area contributed by atoms with E-state index in [0.717, 1.165) is 4.57 Å². The third kappa shape index (κ3) is 4.79. The van der Waals surface area contributed by atoms with Gasteiger partial charge in [-0.1, -0.05) is 15.9 Å². The van der Waals surface area contributed by atoms with Crippen LogP contribution in [0.25, 0.3) is 6.08 Å². The van der Waals surface area contributed by atoms with Crippen molar-refractivity contribution in [2.24, 2.45) is 0 Å². The summed E-state index contributed by atoms with van der Waals surface area (Å²) in [6.45, 7) is -0.981. The average Bonchev–Trinajstić information content (AvgIpc) is 3.02. The van der Waals surface area contributed by atoms with Crippen LogP contribution in [0.3, 0.4) is 0 Å². The van der Waals surface area contributed by atoms with Crippen molar-refractivity contribution in [2.75, 3.05) is 27.4 Å². The zero-order chi connectivity index (χ0) is 21.8. The van der Waals surface area contributed by atoms with Crippen LogP contribution in [0.15, 0.2) is 20.8 Å². The molecule has 1 saturated heterocycles. The molecule has 12 heteroatoms. The maximum absolute atomic E-state index is 12.5. The van der Waals surface area contributed by atoms with Crippen molar-refractivity contribution >= 4 is 33.6 Å². The maximum atomic E-state index is 12.5. The number of aromatic amines is 1. The maximum Gasteiger partial charge on any atom is 0.330 e. The summed E-state index contributed by atoms with van der Waals surface area (Å²) in [6.07, 6.45) is -2.72. The van der Waals surface area contributed by atoms with Crippen LogP contribution in [0.1, 0.15) is 18.2 Å². The largest absolute Gasteiger partial charge is 0.382 e. The number of halogens is 1. The fourth-order valence-corrected chi connectivity index (χ4v) is 3.32. The first-order valence-corrected chi connectivity index (χ1v) is 9.33. The van der Waals surface area contributed by atoms with Crippen LogP contribution < -0.4 is 11.2 Å². The van der Waals surface area contributed by atoms with E-state index in [2.05, 4.69) is 25.7 Å². The number of ketones is 2. The molecule has 0 bridgehead atoms. The molecular weight excluding hydrogens is 456 g/mol. The monoisotopic (exact) mass is 476 g/mol. The topological polar surface area (TPSA) is 157 Å². The van der Waals surface area contributed by atoms with Crippen molar-refractivity contribution in [3.8, 4) is 0 Å². The molecule has 1 aliphatic heterocycles. The van der Waals surface area contributed by atoms with Gasteiger partial charge in [0.1, 0.15) is 31.6 Å². The van der Waals surface area contributed by atoms with Crippen molar-refractivity contribution in [2.45, 2.75) is 30.5 Å². The van der Waals surface area contributed by atoms with Crippen molar-refractivity contribution < 1.29 is 34.0 Å². The number of hydrogen-bond acceptors (Lipinski definition) is 9. The Kier molecular flexibility index (Phi) is 7.80. The molecule has 1 aliphatic rings. The molecule has 1 unspecified atom stereocenters. The number of carbonyl (C=O) groups is 2. The third-order valence-electron chi connectivity index (χ3n) is 4.47. The normalized spacial score (nSPS) is 25.4. The Balaban J connectivity index is 2.48. The summed E-state index contributed by atoms with van der Waals surface area (Å²) >= 11 is 3.03. The molecule has 11 nitrogen and oxygen atoms in total. The quantitative estimate of drug-likeness (QED) is 0.394. The molecule has 2 rings (SSSR count). The number of Topliss-reactive ketones (excluding diaryl/α,β-unsaturated/α-hetero) is 2. The Morgan fingerprint density at radius 2 is 2.07 bits per heavy atom. The third-order valence-corrected chi connectivity index (χ3v) is 4.73. The highest BCUT2D eigenvalue weighted by Gasteiger charge is 2.57. The Labute approximate surface area is 173 Å². The number of carbonyl (C=O) groups excluding carboxylic acids is 2. The molecule has 0 radical (unpaired) electrons. The van der Waals surface area contributed by atoms with E-state index in [9.17, 15) is 29.4 Å². The molecule has 1 aromatic heterocycles. The van der Waals surface area contributed by atoms with Gasteiger partial charge in [-0.25, -0.2) is 4.79 Å². The molecule has 3 N–H and O–H groups in total. The highest BCUT2D eigenvalue weighted by atomic mass is 79.9. The lowest BCUT2D eigenvalue weighted by atomic mass is 9.86. The zero-order valence-electron chi connectivity index (χ0n) is 15.7. The summed E-state index contributed by atoms with van der Waals surface area (Å²) < 4.78 is 16.0. The van der Waals surface area contributed by atoms with Gasteiger partial charge in [-0.15, -0.1) is 0 Å². The number of rotatable bonds is 9. The smallest absolute Gasteiger partial charge is 0.330 e. The van der Waals surface area contributed by atoms with Crippen LogP contribution >= 0.6 is 15.9 Å². The standard InChI is InChI=1S/C17H21BrN2O9/c1-27-7-10(21)13(23)14-17(26,11(22)8-28-2)5-12(29-14)20-6-9(3-4-18)15(24)19-16(20)25/h3-4,6,12-14,23,26H,5,7-8H2,1-2H3,(H,19,24,25)/b4-3+/t12-,13?,14-,17-/m1/s1. The summed E-state index contributed by atoms with van der Waals surface area (Å²) in [5.41, 5.74) is -3.73. The van der Waals surface area contributed by atoms with Crippen molar-refractivity contribution in [1.29, 1.82) is 0 Å². The van der Waals surface area contributed by atoms with Gasteiger partial charge in [0.05, 0.1) is 5.56 Å². The van der Waals surface area contributed by atoms with Crippen molar-refractivity contribution in [3.63, 3.8) is 0 Å². The zero-order valence-corrected chi connectivity index (χ0v) is 17.2. The molecule has 1 fully saturated rings. The van der Waals surface area contributed by atoms with Gasteiger partial charge in [0, 0.05) is 26.8 Å². The molecule has 4 atom stereocenters. The summed E-state index contributed by atoms with van der Waals surface area (Å²) in [4.78, 5) is 52.1. The average molecular weight is 477 g/mol. The summed E-state index contributed by atoms with van der Waals surface area (Å²) in [5, 5.41) is 21.3. The highest BCUT2D eigenvalue weighted by molar-refractivity contribution is 9.11. The van der Waals surface area contributed by atoms with Crippen molar-refractivity contribution in [1.82, 2.24) is 9.55 Å². The van der Waals surface area contributed by atoms with E-state index in [1.807, 2.05) is 0 Å². The second-order valence-corrected chi connectivity index (χ2v) is 6.91. The van der Waals surface area contributed by atoms with E-state index in [0.29, 0.717) is 0 Å². The molecule has 0 aromatic carbocycles. The SMILES string of the molecule is COCC(=O)C(O)[C@H]1O[C@@H](n2cc(/C=C/Br)c(=O)[nH]c2=O)C[C@@]1(O)C(=O)COC. The fraction of sp³-hybridized carbons (Fsp3) is 0.529. The molecule has 0 amide bonds. The number of nitrogens with zero attached hydrogens (tertiary/aromatic N) is 1. The molecular formula is C17H21BrN2O9.